The van der Waals surface area contributed by atoms with Crippen LogP contribution in [0, 0.1) is 0 Å². The van der Waals surface area contributed by atoms with E-state index < -0.39 is 5.97 Å². The van der Waals surface area contributed by atoms with Crippen LogP contribution in [0.3, 0.4) is 0 Å². The summed E-state index contributed by atoms with van der Waals surface area (Å²) in [6.07, 6.45) is 1.27. The van der Waals surface area contributed by atoms with Crippen molar-refractivity contribution in [2.24, 2.45) is 0 Å². The fraction of sp³-hybridized carbons (Fsp3) is 0.206. The summed E-state index contributed by atoms with van der Waals surface area (Å²) in [5.41, 5.74) is 5.84. The number of nitrogens with zero attached hydrogens (tertiary/aromatic N) is 2. The number of aliphatic carboxylic acids is 1. The molecule has 0 atom stereocenters. The lowest BCUT2D eigenvalue weighted by Gasteiger charge is -2.30. The predicted octanol–water partition coefficient (Wildman–Crippen LogP) is 5.71. The van der Waals surface area contributed by atoms with Crippen LogP contribution in [0.25, 0.3) is 11.1 Å². The third kappa shape index (κ3) is 6.12. The molecule has 0 radical (unpaired) electrons. The molecule has 0 spiro atoms. The molecule has 1 heterocycles. The molecule has 40 heavy (non-hydrogen) atoms. The van der Waals surface area contributed by atoms with Gasteiger partial charge in [0.05, 0.1) is 6.42 Å². The summed E-state index contributed by atoms with van der Waals surface area (Å²) in [6.45, 7) is 1.67. The van der Waals surface area contributed by atoms with Crippen molar-refractivity contribution in [3.63, 3.8) is 0 Å². The molecule has 6 nitrogen and oxygen atoms in total. The Balaban J connectivity index is 1.44. The Labute approximate surface area is 234 Å². The minimum absolute atomic E-state index is 0.0702. The van der Waals surface area contributed by atoms with E-state index in [9.17, 15) is 19.5 Å². The minimum atomic E-state index is -0.954. The van der Waals surface area contributed by atoms with Crippen LogP contribution in [0.4, 0.5) is 0 Å². The summed E-state index contributed by atoms with van der Waals surface area (Å²) in [6, 6.07) is 32.7. The first-order valence-electron chi connectivity index (χ1n) is 13.6. The van der Waals surface area contributed by atoms with Gasteiger partial charge in [-0.25, -0.2) is 0 Å². The molecule has 202 valence electrons. The highest BCUT2D eigenvalue weighted by atomic mass is 16.4. The van der Waals surface area contributed by atoms with Gasteiger partial charge >= 0.3 is 5.97 Å². The molecule has 0 aliphatic carbocycles. The molecule has 1 N–H and O–H groups in total. The molecule has 1 aliphatic heterocycles. The number of carboxylic acids is 1. The maximum atomic E-state index is 13.9. The normalized spacial score (nSPS) is 12.4. The van der Waals surface area contributed by atoms with Crippen molar-refractivity contribution < 1.29 is 19.5 Å². The van der Waals surface area contributed by atoms with Crippen LogP contribution >= 0.6 is 0 Å². The summed E-state index contributed by atoms with van der Waals surface area (Å²) in [7, 11) is 0. The van der Waals surface area contributed by atoms with Gasteiger partial charge in [0, 0.05) is 37.3 Å². The van der Waals surface area contributed by atoms with Crippen molar-refractivity contribution in [3.05, 3.63) is 131 Å². The third-order valence-electron chi connectivity index (χ3n) is 7.42. The summed E-state index contributed by atoms with van der Waals surface area (Å²) in [4.78, 5) is 42.6. The summed E-state index contributed by atoms with van der Waals surface area (Å²) < 4.78 is 0. The Bertz CT molecular complexity index is 1520. The van der Waals surface area contributed by atoms with E-state index >= 15 is 0 Å². The lowest BCUT2D eigenvalue weighted by atomic mass is 9.93. The number of hydrogen-bond acceptors (Lipinski definition) is 3. The van der Waals surface area contributed by atoms with Crippen molar-refractivity contribution in [3.8, 4) is 11.1 Å². The van der Waals surface area contributed by atoms with E-state index in [4.69, 9.17) is 0 Å². The smallest absolute Gasteiger partial charge is 0.305 e. The fourth-order valence-corrected chi connectivity index (χ4v) is 5.27. The number of carbonyl (C=O) groups excluding carboxylic acids is 2. The molecule has 5 rings (SSSR count). The summed E-state index contributed by atoms with van der Waals surface area (Å²) in [5, 5.41) is 9.34. The molecule has 0 aromatic heterocycles. The van der Waals surface area contributed by atoms with Crippen molar-refractivity contribution in [2.45, 2.75) is 25.8 Å². The second-order valence-electron chi connectivity index (χ2n) is 10.0. The van der Waals surface area contributed by atoms with Gasteiger partial charge in [-0.15, -0.1) is 0 Å². The number of carbonyl (C=O) groups is 3. The molecule has 0 unspecified atom stereocenters. The molecule has 4 aromatic carbocycles. The summed E-state index contributed by atoms with van der Waals surface area (Å²) in [5.74, 6) is -1.27. The minimum Gasteiger partial charge on any atom is -0.481 e. The highest BCUT2D eigenvalue weighted by Gasteiger charge is 2.26. The number of hydrogen-bond donors (Lipinski definition) is 1. The molecule has 2 amide bonds. The Morgan fingerprint density at radius 1 is 0.700 bits per heavy atom. The monoisotopic (exact) mass is 532 g/mol. The average molecular weight is 533 g/mol. The quantitative estimate of drug-likeness (QED) is 0.300. The zero-order valence-corrected chi connectivity index (χ0v) is 22.3. The topological polar surface area (TPSA) is 77.9 Å². The molecule has 0 fully saturated rings. The van der Waals surface area contributed by atoms with Gasteiger partial charge < -0.3 is 14.9 Å². The van der Waals surface area contributed by atoms with Crippen LogP contribution in [-0.4, -0.2) is 52.3 Å². The van der Waals surface area contributed by atoms with E-state index in [-0.39, 0.29) is 24.8 Å². The first-order chi connectivity index (χ1) is 19.5. The van der Waals surface area contributed by atoms with Crippen LogP contribution in [0.1, 0.15) is 43.8 Å². The molecule has 0 bridgehead atoms. The standard InChI is InChI=1S/C34H32N2O4/c37-32(38)20-23-35(21-18-25-10-2-1-3-11-25)33(39)30-16-8-6-14-28(30)29-15-7-9-17-31(29)34(40)36-22-19-26-12-4-5-13-27(26)24-36/h1-17H,18-24H2,(H,37,38). The number of rotatable bonds is 9. The zero-order valence-electron chi connectivity index (χ0n) is 22.3. The van der Waals surface area contributed by atoms with Gasteiger partial charge in [-0.3, -0.25) is 14.4 Å². The second kappa shape index (κ2) is 12.4. The molecule has 6 heteroatoms. The largest absolute Gasteiger partial charge is 0.481 e. The highest BCUT2D eigenvalue weighted by Crippen LogP contribution is 2.30. The van der Waals surface area contributed by atoms with E-state index in [0.29, 0.717) is 48.3 Å². The molecular formula is C34H32N2O4. The average Bonchev–Trinajstić information content (AvgIpc) is 3.00. The molecular weight excluding hydrogens is 500 g/mol. The lowest BCUT2D eigenvalue weighted by molar-refractivity contribution is -0.137. The highest BCUT2D eigenvalue weighted by molar-refractivity contribution is 6.06. The molecule has 1 aliphatic rings. The predicted molar refractivity (Wildman–Crippen MR) is 155 cm³/mol. The van der Waals surface area contributed by atoms with Gasteiger partial charge in [0.2, 0.25) is 0 Å². The van der Waals surface area contributed by atoms with Gasteiger partial charge in [0.15, 0.2) is 0 Å². The van der Waals surface area contributed by atoms with E-state index in [0.717, 1.165) is 17.5 Å². The van der Waals surface area contributed by atoms with E-state index in [1.165, 1.54) is 5.56 Å². The molecule has 0 saturated heterocycles. The number of carboxylic acid groups (broad SMARTS) is 1. The molecule has 4 aromatic rings. The first kappa shape index (κ1) is 26.9. The van der Waals surface area contributed by atoms with Crippen LogP contribution in [0.2, 0.25) is 0 Å². The van der Waals surface area contributed by atoms with Gasteiger partial charge in [-0.05, 0) is 52.8 Å². The lowest BCUT2D eigenvalue weighted by Crippen LogP contribution is -2.36. The first-order valence-corrected chi connectivity index (χ1v) is 13.6. The van der Waals surface area contributed by atoms with Crippen LogP contribution < -0.4 is 0 Å². The van der Waals surface area contributed by atoms with Gasteiger partial charge in [-0.2, -0.15) is 0 Å². The van der Waals surface area contributed by atoms with Gasteiger partial charge in [0.1, 0.15) is 0 Å². The van der Waals surface area contributed by atoms with Gasteiger partial charge in [-0.1, -0.05) is 91.0 Å². The van der Waals surface area contributed by atoms with Crippen LogP contribution in [-0.2, 0) is 24.2 Å². The third-order valence-corrected chi connectivity index (χ3v) is 7.42. The SMILES string of the molecule is O=C(O)CCN(CCc1ccccc1)C(=O)c1ccccc1-c1ccccc1C(=O)N1CCc2ccccc2C1. The van der Waals surface area contributed by atoms with Gasteiger partial charge in [0.25, 0.3) is 11.8 Å². The van der Waals surface area contributed by atoms with E-state index in [1.54, 1.807) is 17.0 Å². The Morgan fingerprint density at radius 3 is 2.02 bits per heavy atom. The number of amides is 2. The van der Waals surface area contributed by atoms with Crippen molar-refractivity contribution >= 4 is 17.8 Å². The fourth-order valence-electron chi connectivity index (χ4n) is 5.27. The molecule has 0 saturated carbocycles. The van der Waals surface area contributed by atoms with Crippen LogP contribution in [0.5, 0.6) is 0 Å². The van der Waals surface area contributed by atoms with E-state index in [1.807, 2.05) is 83.8 Å². The number of benzene rings is 4. The van der Waals surface area contributed by atoms with E-state index in [2.05, 4.69) is 12.1 Å². The zero-order chi connectivity index (χ0) is 27.9. The Hall–Kier alpha value is -4.71. The Morgan fingerprint density at radius 2 is 1.30 bits per heavy atom. The maximum Gasteiger partial charge on any atom is 0.305 e. The Kier molecular flexibility index (Phi) is 8.35. The number of fused-ring (bicyclic) bond motifs is 1. The van der Waals surface area contributed by atoms with Crippen LogP contribution in [0.15, 0.2) is 103 Å². The van der Waals surface area contributed by atoms with Crippen molar-refractivity contribution in [1.29, 1.82) is 0 Å². The van der Waals surface area contributed by atoms with Crippen molar-refractivity contribution in [1.82, 2.24) is 9.80 Å². The summed E-state index contributed by atoms with van der Waals surface area (Å²) >= 11 is 0. The maximum absolute atomic E-state index is 13.9. The second-order valence-corrected chi connectivity index (χ2v) is 10.0. The van der Waals surface area contributed by atoms with Crippen molar-refractivity contribution in [2.75, 3.05) is 19.6 Å².